The molecule has 32 heavy (non-hydrogen) atoms. The van der Waals surface area contributed by atoms with E-state index >= 15 is 0 Å². The van der Waals surface area contributed by atoms with Gasteiger partial charge in [0.1, 0.15) is 5.82 Å². The number of halogens is 1. The van der Waals surface area contributed by atoms with E-state index in [0.717, 1.165) is 45.4 Å². The number of H-pyrrole nitrogens is 1. The fourth-order valence-corrected chi connectivity index (χ4v) is 5.02. The van der Waals surface area contributed by atoms with Crippen LogP contribution in [0.25, 0.3) is 10.9 Å². The van der Waals surface area contributed by atoms with Crippen LogP contribution in [0.3, 0.4) is 0 Å². The molecule has 1 aliphatic heterocycles. The van der Waals surface area contributed by atoms with E-state index in [9.17, 15) is 9.18 Å². The maximum Gasteiger partial charge on any atom is 0.322 e. The van der Waals surface area contributed by atoms with Gasteiger partial charge in [0, 0.05) is 28.3 Å². The summed E-state index contributed by atoms with van der Waals surface area (Å²) in [6.45, 7) is 6.08. The summed E-state index contributed by atoms with van der Waals surface area (Å²) >= 11 is 0. The van der Waals surface area contributed by atoms with Gasteiger partial charge in [-0.1, -0.05) is 36.4 Å². The number of amides is 2. The van der Waals surface area contributed by atoms with E-state index in [1.54, 1.807) is 6.07 Å². The first kappa shape index (κ1) is 20.3. The summed E-state index contributed by atoms with van der Waals surface area (Å²) in [5, 5.41) is 4.24. The van der Waals surface area contributed by atoms with Crippen molar-refractivity contribution in [2.24, 2.45) is 0 Å². The first-order valence-corrected chi connectivity index (χ1v) is 10.9. The Kier molecular flexibility index (Phi) is 4.97. The Morgan fingerprint density at radius 3 is 2.53 bits per heavy atom. The SMILES string of the molecule is Cc1cc(C)cc(NC(=O)N2C(C)Cc3c([nH]c4ccccc34)C2c2cccc(F)c2)c1. The lowest BCUT2D eigenvalue weighted by atomic mass is 9.89. The standard InChI is InChI=1S/C27H26FN3O/c1-16-11-17(2)13-21(12-16)29-27(32)31-18(3)14-23-22-9-4-5-10-24(22)30-25(23)26(31)19-7-6-8-20(28)15-19/h4-13,15,18,26,30H,14H2,1-3H3,(H,29,32). The molecule has 162 valence electrons. The van der Waals surface area contributed by atoms with Crippen molar-refractivity contribution in [3.05, 3.63) is 100 Å². The molecule has 1 aromatic heterocycles. The number of para-hydroxylation sites is 1. The van der Waals surface area contributed by atoms with Crippen LogP contribution in [-0.4, -0.2) is 22.0 Å². The average Bonchev–Trinajstić information content (AvgIpc) is 3.10. The molecule has 4 aromatic rings. The second-order valence-electron chi connectivity index (χ2n) is 8.79. The Labute approximate surface area is 187 Å². The van der Waals surface area contributed by atoms with Crippen molar-refractivity contribution >= 4 is 22.6 Å². The number of hydrogen-bond acceptors (Lipinski definition) is 1. The highest BCUT2D eigenvalue weighted by Crippen LogP contribution is 2.41. The summed E-state index contributed by atoms with van der Waals surface area (Å²) in [6.07, 6.45) is 0.728. The number of benzene rings is 3. The summed E-state index contributed by atoms with van der Waals surface area (Å²) in [5.74, 6) is -0.312. The maximum absolute atomic E-state index is 14.2. The van der Waals surface area contributed by atoms with Gasteiger partial charge in [-0.25, -0.2) is 9.18 Å². The topological polar surface area (TPSA) is 48.1 Å². The Bertz CT molecular complexity index is 1310. The minimum absolute atomic E-state index is 0.0686. The number of urea groups is 1. The molecule has 2 N–H and O–H groups in total. The molecular weight excluding hydrogens is 401 g/mol. The molecule has 5 rings (SSSR count). The fraction of sp³-hybridized carbons (Fsp3) is 0.222. The van der Waals surface area contributed by atoms with Crippen molar-refractivity contribution in [3.63, 3.8) is 0 Å². The van der Waals surface area contributed by atoms with Gasteiger partial charge in [0.05, 0.1) is 6.04 Å². The van der Waals surface area contributed by atoms with Crippen LogP contribution in [0.15, 0.2) is 66.7 Å². The monoisotopic (exact) mass is 427 g/mol. The molecule has 4 nitrogen and oxygen atoms in total. The van der Waals surface area contributed by atoms with Crippen LogP contribution < -0.4 is 5.32 Å². The number of aromatic amines is 1. The van der Waals surface area contributed by atoms with Gasteiger partial charge in [0.2, 0.25) is 0 Å². The first-order valence-electron chi connectivity index (χ1n) is 10.9. The molecule has 0 radical (unpaired) electrons. The van der Waals surface area contributed by atoms with E-state index in [4.69, 9.17) is 0 Å². The van der Waals surface area contributed by atoms with E-state index in [1.165, 1.54) is 17.7 Å². The van der Waals surface area contributed by atoms with Gasteiger partial charge in [-0.05, 0) is 79.8 Å². The van der Waals surface area contributed by atoms with E-state index < -0.39 is 6.04 Å². The van der Waals surface area contributed by atoms with Gasteiger partial charge in [-0.15, -0.1) is 0 Å². The third-order valence-corrected chi connectivity index (χ3v) is 6.24. The van der Waals surface area contributed by atoms with Gasteiger partial charge < -0.3 is 15.2 Å². The summed E-state index contributed by atoms with van der Waals surface area (Å²) in [7, 11) is 0. The number of carbonyl (C=O) groups is 1. The quantitative estimate of drug-likeness (QED) is 0.377. The van der Waals surface area contributed by atoms with Gasteiger partial charge in [-0.3, -0.25) is 0 Å². The van der Waals surface area contributed by atoms with Crippen LogP contribution in [0.1, 0.15) is 40.9 Å². The Balaban J connectivity index is 1.62. The number of aromatic nitrogens is 1. The van der Waals surface area contributed by atoms with Crippen molar-refractivity contribution in [1.29, 1.82) is 0 Å². The largest absolute Gasteiger partial charge is 0.356 e. The van der Waals surface area contributed by atoms with Gasteiger partial charge in [0.25, 0.3) is 0 Å². The highest BCUT2D eigenvalue weighted by atomic mass is 19.1. The van der Waals surface area contributed by atoms with E-state index in [0.29, 0.717) is 0 Å². The number of fused-ring (bicyclic) bond motifs is 3. The normalized spacial score (nSPS) is 17.9. The number of hydrogen-bond donors (Lipinski definition) is 2. The van der Waals surface area contributed by atoms with E-state index in [-0.39, 0.29) is 17.9 Å². The van der Waals surface area contributed by atoms with Crippen LogP contribution in [0.5, 0.6) is 0 Å². The molecule has 3 aromatic carbocycles. The number of nitrogens with one attached hydrogen (secondary N) is 2. The molecule has 2 unspecified atom stereocenters. The smallest absolute Gasteiger partial charge is 0.322 e. The molecule has 0 saturated carbocycles. The number of carbonyl (C=O) groups excluding carboxylic acids is 1. The van der Waals surface area contributed by atoms with Crippen LogP contribution in [0.2, 0.25) is 0 Å². The summed E-state index contributed by atoms with van der Waals surface area (Å²) in [4.78, 5) is 19.0. The second kappa shape index (κ2) is 7.83. The van der Waals surface area contributed by atoms with Gasteiger partial charge >= 0.3 is 6.03 Å². The molecule has 2 heterocycles. The lowest BCUT2D eigenvalue weighted by Gasteiger charge is -2.41. The number of rotatable bonds is 2. The second-order valence-corrected chi connectivity index (χ2v) is 8.79. The molecule has 0 fully saturated rings. The molecule has 0 saturated heterocycles. The summed E-state index contributed by atoms with van der Waals surface area (Å²) in [5.41, 5.74) is 6.86. The third-order valence-electron chi connectivity index (χ3n) is 6.24. The van der Waals surface area contributed by atoms with Crippen LogP contribution in [-0.2, 0) is 6.42 Å². The first-order chi connectivity index (χ1) is 15.4. The number of aryl methyl sites for hydroxylation is 2. The van der Waals surface area contributed by atoms with Crippen molar-refractivity contribution < 1.29 is 9.18 Å². The average molecular weight is 428 g/mol. The molecule has 2 atom stereocenters. The van der Waals surface area contributed by atoms with Crippen LogP contribution in [0.4, 0.5) is 14.9 Å². The predicted octanol–water partition coefficient (Wildman–Crippen LogP) is 6.49. The fourth-order valence-electron chi connectivity index (χ4n) is 5.02. The van der Waals surface area contributed by atoms with Crippen molar-refractivity contribution in [2.45, 2.75) is 39.3 Å². The molecule has 0 aliphatic carbocycles. The minimum atomic E-state index is -0.414. The molecule has 0 spiro atoms. The van der Waals surface area contributed by atoms with Crippen molar-refractivity contribution in [2.75, 3.05) is 5.32 Å². The highest BCUT2D eigenvalue weighted by Gasteiger charge is 2.38. The minimum Gasteiger partial charge on any atom is -0.356 e. The van der Waals surface area contributed by atoms with Gasteiger partial charge in [0.15, 0.2) is 0 Å². The Morgan fingerprint density at radius 2 is 1.78 bits per heavy atom. The zero-order valence-electron chi connectivity index (χ0n) is 18.4. The lowest BCUT2D eigenvalue weighted by molar-refractivity contribution is 0.164. The van der Waals surface area contributed by atoms with Gasteiger partial charge in [-0.2, -0.15) is 0 Å². The Morgan fingerprint density at radius 1 is 1.03 bits per heavy atom. The van der Waals surface area contributed by atoms with Crippen LogP contribution in [0, 0.1) is 19.7 Å². The summed E-state index contributed by atoms with van der Waals surface area (Å²) in [6, 6.07) is 20.0. The third kappa shape index (κ3) is 3.54. The number of nitrogens with zero attached hydrogens (tertiary/aromatic N) is 1. The zero-order valence-corrected chi connectivity index (χ0v) is 18.4. The van der Waals surface area contributed by atoms with Crippen molar-refractivity contribution in [1.82, 2.24) is 9.88 Å². The lowest BCUT2D eigenvalue weighted by Crippen LogP contribution is -2.48. The highest BCUT2D eigenvalue weighted by molar-refractivity contribution is 5.92. The maximum atomic E-state index is 14.2. The van der Waals surface area contributed by atoms with E-state index in [2.05, 4.69) is 29.4 Å². The Hall–Kier alpha value is -3.60. The summed E-state index contributed by atoms with van der Waals surface area (Å²) < 4.78 is 14.2. The van der Waals surface area contributed by atoms with Crippen molar-refractivity contribution in [3.8, 4) is 0 Å². The number of anilines is 1. The van der Waals surface area contributed by atoms with Crippen LogP contribution >= 0.6 is 0 Å². The molecule has 5 heteroatoms. The zero-order chi connectivity index (χ0) is 22.4. The molecule has 0 bridgehead atoms. The molecule has 2 amide bonds. The predicted molar refractivity (Wildman–Crippen MR) is 126 cm³/mol. The molecule has 1 aliphatic rings. The molecular formula is C27H26FN3O. The van der Waals surface area contributed by atoms with E-state index in [1.807, 2.05) is 55.1 Å².